The number of nitrogens with zero attached hydrogens (tertiary/aromatic N) is 2. The van der Waals surface area contributed by atoms with E-state index in [1.165, 1.54) is 12.1 Å². The van der Waals surface area contributed by atoms with Crippen LogP contribution >= 0.6 is 0 Å². The molecule has 0 unspecified atom stereocenters. The van der Waals surface area contributed by atoms with Gasteiger partial charge in [0.05, 0.1) is 13.7 Å². The summed E-state index contributed by atoms with van der Waals surface area (Å²) in [7, 11) is 1.58. The van der Waals surface area contributed by atoms with Crippen molar-refractivity contribution in [3.63, 3.8) is 0 Å². The van der Waals surface area contributed by atoms with Crippen LogP contribution in [-0.4, -0.2) is 68.0 Å². The van der Waals surface area contributed by atoms with Crippen molar-refractivity contribution in [2.45, 2.75) is 13.5 Å². The lowest BCUT2D eigenvalue weighted by Crippen LogP contribution is -2.48. The van der Waals surface area contributed by atoms with Gasteiger partial charge >= 0.3 is 0 Å². The number of piperazine rings is 1. The van der Waals surface area contributed by atoms with E-state index in [9.17, 15) is 14.0 Å². The second-order valence-electron chi connectivity index (χ2n) is 7.50. The van der Waals surface area contributed by atoms with Gasteiger partial charge in [-0.15, -0.1) is 0 Å². The van der Waals surface area contributed by atoms with Crippen molar-refractivity contribution >= 4 is 17.5 Å². The summed E-state index contributed by atoms with van der Waals surface area (Å²) in [6, 6.07) is 11.5. The number of rotatable bonds is 8. The molecule has 0 aliphatic carbocycles. The number of methoxy groups -OCH3 is 1. The number of halogens is 1. The molecule has 0 radical (unpaired) electrons. The van der Waals surface area contributed by atoms with Gasteiger partial charge < -0.3 is 15.4 Å². The second-order valence-corrected chi connectivity index (χ2v) is 7.50. The molecule has 3 rings (SSSR count). The Balaban J connectivity index is 1.48. The predicted molar refractivity (Wildman–Crippen MR) is 118 cm³/mol. The maximum absolute atomic E-state index is 13.6. The minimum Gasteiger partial charge on any atom is -0.496 e. The van der Waals surface area contributed by atoms with E-state index in [1.807, 2.05) is 6.92 Å². The van der Waals surface area contributed by atoms with Gasteiger partial charge in [-0.2, -0.15) is 0 Å². The largest absolute Gasteiger partial charge is 0.496 e. The van der Waals surface area contributed by atoms with Crippen molar-refractivity contribution in [2.75, 3.05) is 51.7 Å². The third-order valence-electron chi connectivity index (χ3n) is 5.21. The summed E-state index contributed by atoms with van der Waals surface area (Å²) in [5.41, 5.74) is 1.94. The normalized spacial score (nSPS) is 14.8. The smallest absolute Gasteiger partial charge is 0.251 e. The number of nitrogens with one attached hydrogen (secondary N) is 2. The van der Waals surface area contributed by atoms with Crippen molar-refractivity contribution in [3.8, 4) is 5.75 Å². The highest BCUT2D eigenvalue weighted by molar-refractivity contribution is 5.97. The van der Waals surface area contributed by atoms with Crippen molar-refractivity contribution in [2.24, 2.45) is 0 Å². The van der Waals surface area contributed by atoms with E-state index in [0.717, 1.165) is 31.7 Å². The number of ether oxygens (including phenoxy) is 1. The maximum Gasteiger partial charge on any atom is 0.251 e. The summed E-state index contributed by atoms with van der Waals surface area (Å²) >= 11 is 0. The predicted octanol–water partition coefficient (Wildman–Crippen LogP) is 2.34. The number of hydrogen-bond acceptors (Lipinski definition) is 5. The molecule has 0 spiro atoms. The Morgan fingerprint density at radius 3 is 2.52 bits per heavy atom. The molecule has 0 saturated carbocycles. The molecule has 1 heterocycles. The van der Waals surface area contributed by atoms with Crippen LogP contribution in [0.4, 0.5) is 10.1 Å². The molecule has 1 fully saturated rings. The van der Waals surface area contributed by atoms with Crippen molar-refractivity contribution in [3.05, 3.63) is 59.4 Å². The summed E-state index contributed by atoms with van der Waals surface area (Å²) < 4.78 is 18.9. The summed E-state index contributed by atoms with van der Waals surface area (Å²) in [6.45, 7) is 6.33. The Bertz CT molecular complexity index is 913. The first-order valence-corrected chi connectivity index (χ1v) is 10.4. The van der Waals surface area contributed by atoms with Crippen LogP contribution in [0.1, 0.15) is 22.8 Å². The van der Waals surface area contributed by atoms with Crippen LogP contribution < -0.4 is 15.4 Å². The van der Waals surface area contributed by atoms with Gasteiger partial charge in [-0.05, 0) is 43.3 Å². The first kappa shape index (κ1) is 22.7. The lowest BCUT2D eigenvalue weighted by atomic mass is 10.1. The Morgan fingerprint density at radius 1 is 1.06 bits per heavy atom. The van der Waals surface area contributed by atoms with Gasteiger partial charge in [0.1, 0.15) is 11.6 Å². The highest BCUT2D eigenvalue weighted by Gasteiger charge is 2.20. The van der Waals surface area contributed by atoms with Gasteiger partial charge in [-0.3, -0.25) is 19.4 Å². The standard InChI is InChI=1S/C23H29FN4O3/c1-3-25-23(30)17-5-4-6-20(14-17)26-22(29)16-28-11-9-27(10-12-28)15-18-13-19(24)7-8-21(18)31-2/h4-8,13-14H,3,9-12,15-16H2,1-2H3,(H,25,30)(H,26,29). The number of carbonyl (C=O) groups excluding carboxylic acids is 2. The third kappa shape index (κ3) is 6.50. The fourth-order valence-electron chi connectivity index (χ4n) is 3.62. The third-order valence-corrected chi connectivity index (χ3v) is 5.21. The zero-order chi connectivity index (χ0) is 22.2. The average Bonchev–Trinajstić information content (AvgIpc) is 2.75. The van der Waals surface area contributed by atoms with E-state index < -0.39 is 0 Å². The van der Waals surface area contributed by atoms with E-state index in [1.54, 1.807) is 37.4 Å². The topological polar surface area (TPSA) is 73.9 Å². The highest BCUT2D eigenvalue weighted by Crippen LogP contribution is 2.21. The van der Waals surface area contributed by atoms with Crippen LogP contribution in [-0.2, 0) is 11.3 Å². The van der Waals surface area contributed by atoms with Crippen LogP contribution in [0.3, 0.4) is 0 Å². The van der Waals surface area contributed by atoms with Crippen molar-refractivity contribution in [1.82, 2.24) is 15.1 Å². The zero-order valence-electron chi connectivity index (χ0n) is 18.0. The molecular weight excluding hydrogens is 399 g/mol. The number of benzene rings is 2. The number of amides is 2. The molecule has 2 aromatic rings. The second kappa shape index (κ2) is 10.9. The molecule has 8 heteroatoms. The molecule has 1 aliphatic heterocycles. The molecule has 0 atom stereocenters. The summed E-state index contributed by atoms with van der Waals surface area (Å²) in [5, 5.41) is 5.61. The fourth-order valence-corrected chi connectivity index (χ4v) is 3.62. The van der Waals surface area contributed by atoms with Gasteiger partial charge in [-0.25, -0.2) is 4.39 Å². The molecule has 1 aliphatic rings. The lowest BCUT2D eigenvalue weighted by molar-refractivity contribution is -0.117. The Kier molecular flexibility index (Phi) is 7.97. The van der Waals surface area contributed by atoms with Crippen LogP contribution in [0.15, 0.2) is 42.5 Å². The highest BCUT2D eigenvalue weighted by atomic mass is 19.1. The van der Waals surface area contributed by atoms with Crippen molar-refractivity contribution in [1.29, 1.82) is 0 Å². The molecule has 166 valence electrons. The SMILES string of the molecule is CCNC(=O)c1cccc(NC(=O)CN2CCN(Cc3cc(F)ccc3OC)CC2)c1. The Labute approximate surface area is 182 Å². The van der Waals surface area contributed by atoms with E-state index in [-0.39, 0.29) is 24.2 Å². The molecule has 2 N–H and O–H groups in total. The summed E-state index contributed by atoms with van der Waals surface area (Å²) in [4.78, 5) is 28.7. The van der Waals surface area contributed by atoms with Crippen LogP contribution in [0.2, 0.25) is 0 Å². The average molecular weight is 429 g/mol. The zero-order valence-corrected chi connectivity index (χ0v) is 18.0. The van der Waals surface area contributed by atoms with Crippen LogP contribution in [0.5, 0.6) is 5.75 Å². The monoisotopic (exact) mass is 428 g/mol. The number of hydrogen-bond donors (Lipinski definition) is 2. The minimum absolute atomic E-state index is 0.117. The molecule has 2 aromatic carbocycles. The molecule has 1 saturated heterocycles. The van der Waals surface area contributed by atoms with Crippen LogP contribution in [0.25, 0.3) is 0 Å². The molecule has 2 amide bonds. The van der Waals surface area contributed by atoms with Gasteiger partial charge in [0.15, 0.2) is 0 Å². The van der Waals surface area contributed by atoms with E-state index in [2.05, 4.69) is 20.4 Å². The molecule has 31 heavy (non-hydrogen) atoms. The van der Waals surface area contributed by atoms with Crippen molar-refractivity contribution < 1.29 is 18.7 Å². The summed E-state index contributed by atoms with van der Waals surface area (Å²) in [5.74, 6) is 0.123. The van der Waals surface area contributed by atoms with Crippen LogP contribution in [0, 0.1) is 5.82 Å². The first-order valence-electron chi connectivity index (χ1n) is 10.4. The Hall–Kier alpha value is -2.97. The van der Waals surface area contributed by atoms with Gasteiger partial charge in [0, 0.05) is 56.1 Å². The molecular formula is C23H29FN4O3. The molecule has 7 nitrogen and oxygen atoms in total. The number of carbonyl (C=O) groups is 2. The Morgan fingerprint density at radius 2 is 1.81 bits per heavy atom. The fraction of sp³-hybridized carbons (Fsp3) is 0.391. The van der Waals surface area contributed by atoms with E-state index >= 15 is 0 Å². The molecule has 0 bridgehead atoms. The van der Waals surface area contributed by atoms with Gasteiger partial charge in [0.2, 0.25) is 5.91 Å². The summed E-state index contributed by atoms with van der Waals surface area (Å²) in [6.07, 6.45) is 0. The first-order chi connectivity index (χ1) is 15.0. The van der Waals surface area contributed by atoms with E-state index in [0.29, 0.717) is 30.1 Å². The molecule has 0 aromatic heterocycles. The number of anilines is 1. The van der Waals surface area contributed by atoms with Gasteiger partial charge in [-0.1, -0.05) is 6.07 Å². The van der Waals surface area contributed by atoms with E-state index in [4.69, 9.17) is 4.74 Å². The van der Waals surface area contributed by atoms with Gasteiger partial charge in [0.25, 0.3) is 5.91 Å². The minimum atomic E-state index is -0.276. The quantitative estimate of drug-likeness (QED) is 0.675. The lowest BCUT2D eigenvalue weighted by Gasteiger charge is -2.34. The maximum atomic E-state index is 13.6.